The van der Waals surface area contributed by atoms with Gasteiger partial charge in [0.1, 0.15) is 5.75 Å². The molecule has 0 radical (unpaired) electrons. The summed E-state index contributed by atoms with van der Waals surface area (Å²) < 4.78 is 20.5. The molecule has 4 N–H and O–H groups in total. The molecule has 6 nitrogen and oxygen atoms in total. The smallest absolute Gasteiger partial charge is 0.469 e. The Labute approximate surface area is 176 Å². The average molecular weight is 437 g/mol. The number of rotatable bonds is 10. The van der Waals surface area contributed by atoms with Crippen LogP contribution in [-0.4, -0.2) is 29.0 Å². The number of unbranched alkanes of at least 4 members (excludes halogenated alkanes) is 1. The third-order valence-corrected chi connectivity index (χ3v) is 5.83. The second kappa shape index (κ2) is 10.9. The summed E-state index contributed by atoms with van der Waals surface area (Å²) in [7, 11) is -2.83. The van der Waals surface area contributed by atoms with Gasteiger partial charge in [0.2, 0.25) is 0 Å². The number of hydrogen-bond donors (Lipinski definition) is 3. The van der Waals surface area contributed by atoms with E-state index in [4.69, 9.17) is 20.3 Å². The summed E-state index contributed by atoms with van der Waals surface area (Å²) in [5, 5.41) is 0. The molecule has 29 heavy (non-hydrogen) atoms. The SMILES string of the molecule is COc1ccc(CCCC#Cc2ccc(CCC(C)(N)COP(=O)(O)O)s2)cc1. The Bertz CT molecular complexity index is 876. The van der Waals surface area contributed by atoms with Gasteiger partial charge in [-0.1, -0.05) is 24.0 Å². The molecule has 0 aliphatic rings. The van der Waals surface area contributed by atoms with Gasteiger partial charge in [-0.15, -0.1) is 11.3 Å². The fraction of sp³-hybridized carbons (Fsp3) is 0.429. The number of aryl methyl sites for hydroxylation is 2. The zero-order chi connectivity index (χ0) is 21.3. The normalized spacial score (nSPS) is 13.4. The van der Waals surface area contributed by atoms with Gasteiger partial charge in [-0.2, -0.15) is 0 Å². The van der Waals surface area contributed by atoms with Gasteiger partial charge in [-0.25, -0.2) is 4.57 Å². The lowest BCUT2D eigenvalue weighted by Gasteiger charge is -2.24. The predicted molar refractivity (Wildman–Crippen MR) is 116 cm³/mol. The van der Waals surface area contributed by atoms with Gasteiger partial charge in [0.15, 0.2) is 0 Å². The maximum absolute atomic E-state index is 10.8. The van der Waals surface area contributed by atoms with E-state index >= 15 is 0 Å². The lowest BCUT2D eigenvalue weighted by Crippen LogP contribution is -2.41. The topological polar surface area (TPSA) is 102 Å². The van der Waals surface area contributed by atoms with Gasteiger partial charge in [0, 0.05) is 16.8 Å². The highest BCUT2D eigenvalue weighted by atomic mass is 32.1. The molecule has 1 atom stereocenters. The fourth-order valence-corrected chi connectivity index (χ4v) is 3.96. The Morgan fingerprint density at radius 2 is 1.90 bits per heavy atom. The molecule has 0 fully saturated rings. The van der Waals surface area contributed by atoms with Crippen LogP contribution in [0.15, 0.2) is 36.4 Å². The van der Waals surface area contributed by atoms with Crippen LogP contribution >= 0.6 is 19.2 Å². The minimum absolute atomic E-state index is 0.191. The molecule has 158 valence electrons. The van der Waals surface area contributed by atoms with Crippen molar-refractivity contribution in [1.82, 2.24) is 0 Å². The number of benzene rings is 1. The van der Waals surface area contributed by atoms with Crippen LogP contribution < -0.4 is 10.5 Å². The van der Waals surface area contributed by atoms with E-state index in [1.807, 2.05) is 24.3 Å². The van der Waals surface area contributed by atoms with Crippen LogP contribution in [0.5, 0.6) is 5.75 Å². The molecule has 0 spiro atoms. The van der Waals surface area contributed by atoms with Crippen LogP contribution in [0.1, 0.15) is 41.5 Å². The van der Waals surface area contributed by atoms with Gasteiger partial charge < -0.3 is 20.3 Å². The molecule has 2 aromatic rings. The van der Waals surface area contributed by atoms with Gasteiger partial charge >= 0.3 is 7.82 Å². The number of phosphoric acid groups is 1. The highest BCUT2D eigenvalue weighted by Crippen LogP contribution is 2.37. The van der Waals surface area contributed by atoms with E-state index in [1.54, 1.807) is 25.4 Å². The molecule has 1 aromatic carbocycles. The minimum atomic E-state index is -4.50. The quantitative estimate of drug-likeness (QED) is 0.296. The first-order valence-corrected chi connectivity index (χ1v) is 11.7. The molecule has 2 rings (SSSR count). The number of thiophene rings is 1. The molecule has 1 unspecified atom stereocenters. The van der Waals surface area contributed by atoms with E-state index in [1.165, 1.54) is 5.56 Å². The van der Waals surface area contributed by atoms with Crippen molar-refractivity contribution in [2.75, 3.05) is 13.7 Å². The van der Waals surface area contributed by atoms with E-state index in [2.05, 4.69) is 28.5 Å². The second-order valence-electron chi connectivity index (χ2n) is 7.19. The van der Waals surface area contributed by atoms with Crippen molar-refractivity contribution in [3.8, 4) is 17.6 Å². The third kappa shape index (κ3) is 9.60. The predicted octanol–water partition coefficient (Wildman–Crippen LogP) is 3.89. The number of ether oxygens (including phenoxy) is 1. The van der Waals surface area contributed by atoms with Crippen molar-refractivity contribution >= 4 is 19.2 Å². The van der Waals surface area contributed by atoms with E-state index in [-0.39, 0.29) is 6.61 Å². The number of nitrogens with two attached hydrogens (primary N) is 1. The maximum atomic E-state index is 10.8. The van der Waals surface area contributed by atoms with Gasteiger partial charge in [0.25, 0.3) is 0 Å². The van der Waals surface area contributed by atoms with E-state index in [0.29, 0.717) is 12.8 Å². The molecule has 0 bridgehead atoms. The summed E-state index contributed by atoms with van der Waals surface area (Å²) in [5.74, 6) is 7.29. The van der Waals surface area contributed by atoms with Gasteiger partial charge in [-0.05, 0) is 62.4 Å². The van der Waals surface area contributed by atoms with Gasteiger partial charge in [0.05, 0.1) is 18.6 Å². The first kappa shape index (κ1) is 23.6. The van der Waals surface area contributed by atoms with Crippen LogP contribution in [0.25, 0.3) is 0 Å². The highest BCUT2D eigenvalue weighted by Gasteiger charge is 2.24. The maximum Gasteiger partial charge on any atom is 0.469 e. The molecular weight excluding hydrogens is 409 g/mol. The Morgan fingerprint density at radius 1 is 1.17 bits per heavy atom. The summed E-state index contributed by atoms with van der Waals surface area (Å²) in [6, 6.07) is 12.1. The summed E-state index contributed by atoms with van der Waals surface area (Å²) >= 11 is 1.62. The van der Waals surface area contributed by atoms with Crippen molar-refractivity contribution in [3.05, 3.63) is 51.7 Å². The summed E-state index contributed by atoms with van der Waals surface area (Å²) in [6.45, 7) is 1.53. The first-order chi connectivity index (χ1) is 13.7. The highest BCUT2D eigenvalue weighted by molar-refractivity contribution is 7.46. The number of hydrogen-bond acceptors (Lipinski definition) is 5. The molecule has 0 aliphatic carbocycles. The Kier molecular flexibility index (Phi) is 8.91. The van der Waals surface area contributed by atoms with E-state index in [0.717, 1.165) is 34.8 Å². The van der Waals surface area contributed by atoms with Crippen LogP contribution in [0.4, 0.5) is 0 Å². The third-order valence-electron chi connectivity index (χ3n) is 4.30. The van der Waals surface area contributed by atoms with Crippen molar-refractivity contribution in [2.24, 2.45) is 5.73 Å². The molecule has 0 saturated heterocycles. The summed E-state index contributed by atoms with van der Waals surface area (Å²) in [6.07, 6.45) is 4.09. The van der Waals surface area contributed by atoms with E-state index < -0.39 is 13.4 Å². The first-order valence-electron chi connectivity index (χ1n) is 9.36. The molecule has 8 heteroatoms. The molecule has 1 aromatic heterocycles. The fourth-order valence-electron chi connectivity index (χ4n) is 2.61. The molecular formula is C21H28NO5PS. The molecule has 0 amide bonds. The van der Waals surface area contributed by atoms with E-state index in [9.17, 15) is 4.57 Å². The summed E-state index contributed by atoms with van der Waals surface area (Å²) in [4.78, 5) is 19.7. The van der Waals surface area contributed by atoms with Crippen molar-refractivity contribution in [2.45, 2.75) is 44.6 Å². The van der Waals surface area contributed by atoms with Crippen LogP contribution in [0.2, 0.25) is 0 Å². The van der Waals surface area contributed by atoms with Crippen LogP contribution in [-0.2, 0) is 21.9 Å². The largest absolute Gasteiger partial charge is 0.497 e. The second-order valence-corrected chi connectivity index (χ2v) is 9.60. The Balaban J connectivity index is 1.73. The lowest BCUT2D eigenvalue weighted by atomic mass is 9.98. The Hall–Kier alpha value is -1.65. The lowest BCUT2D eigenvalue weighted by molar-refractivity contribution is 0.154. The number of methoxy groups -OCH3 is 1. The standard InChI is InChI=1S/C21H28NO5PS/c1-21(22,16-27-28(23,24)25)15-14-20-13-12-19(29-20)7-5-3-4-6-17-8-10-18(26-2)11-9-17/h8-13H,3-4,6,14-16,22H2,1-2H3,(H2,23,24,25). The molecule has 0 aliphatic heterocycles. The Morgan fingerprint density at radius 3 is 2.55 bits per heavy atom. The average Bonchev–Trinajstić information content (AvgIpc) is 3.13. The minimum Gasteiger partial charge on any atom is -0.497 e. The van der Waals surface area contributed by atoms with Crippen LogP contribution in [0, 0.1) is 11.8 Å². The zero-order valence-corrected chi connectivity index (χ0v) is 18.5. The van der Waals surface area contributed by atoms with Crippen molar-refractivity contribution in [1.29, 1.82) is 0 Å². The molecule has 1 heterocycles. The number of phosphoric ester groups is 1. The van der Waals surface area contributed by atoms with Crippen LogP contribution in [0.3, 0.4) is 0 Å². The molecule has 0 saturated carbocycles. The zero-order valence-electron chi connectivity index (χ0n) is 16.8. The van der Waals surface area contributed by atoms with Gasteiger partial charge in [-0.3, -0.25) is 4.52 Å². The monoisotopic (exact) mass is 437 g/mol. The summed E-state index contributed by atoms with van der Waals surface area (Å²) in [5.41, 5.74) is 6.53. The van der Waals surface area contributed by atoms with Crippen molar-refractivity contribution < 1.29 is 23.6 Å². The van der Waals surface area contributed by atoms with Crippen molar-refractivity contribution in [3.63, 3.8) is 0 Å².